The zero-order valence-corrected chi connectivity index (χ0v) is 8.58. The van der Waals surface area contributed by atoms with Gasteiger partial charge in [-0.05, 0) is 6.92 Å². The number of nitrogens with one attached hydrogen (secondary N) is 1. The summed E-state index contributed by atoms with van der Waals surface area (Å²) in [4.78, 5) is 23.7. The molecule has 1 aliphatic heterocycles. The number of hydrogen-bond acceptors (Lipinski definition) is 3. The van der Waals surface area contributed by atoms with E-state index in [0.29, 0.717) is 26.1 Å². The van der Waals surface area contributed by atoms with Crippen LogP contribution in [0.3, 0.4) is 0 Å². The minimum Gasteiger partial charge on any atom is -0.450 e. The van der Waals surface area contributed by atoms with Gasteiger partial charge in [0.05, 0.1) is 6.61 Å². The van der Waals surface area contributed by atoms with Crippen molar-refractivity contribution in [2.75, 3.05) is 26.7 Å². The summed E-state index contributed by atoms with van der Waals surface area (Å²) in [7, 11) is 1.77. The van der Waals surface area contributed by atoms with Gasteiger partial charge in [0, 0.05) is 32.5 Å². The second kappa shape index (κ2) is 4.83. The third-order valence-corrected chi connectivity index (χ3v) is 2.23. The summed E-state index contributed by atoms with van der Waals surface area (Å²) >= 11 is 0. The lowest BCUT2D eigenvalue weighted by molar-refractivity contribution is -0.126. The van der Waals surface area contributed by atoms with E-state index >= 15 is 0 Å². The molecule has 1 saturated heterocycles. The highest BCUT2D eigenvalue weighted by atomic mass is 16.5. The number of ether oxygens (including phenoxy) is 1. The Morgan fingerprint density at radius 2 is 2.43 bits per heavy atom. The molecule has 1 fully saturated rings. The van der Waals surface area contributed by atoms with Crippen LogP contribution >= 0.6 is 0 Å². The highest BCUT2D eigenvalue weighted by Gasteiger charge is 2.26. The number of rotatable bonds is 3. The fraction of sp³-hybridized carbons (Fsp3) is 0.778. The highest BCUT2D eigenvalue weighted by molar-refractivity contribution is 5.78. The number of nitrogens with zero attached hydrogens (tertiary/aromatic N) is 1. The first-order chi connectivity index (χ1) is 6.63. The van der Waals surface area contributed by atoms with Crippen LogP contribution in [0.5, 0.6) is 0 Å². The molecule has 1 atom stereocenters. The molecular weight excluding hydrogens is 184 g/mol. The van der Waals surface area contributed by atoms with Crippen LogP contribution in [0.1, 0.15) is 13.3 Å². The number of hydrogen-bond donors (Lipinski definition) is 1. The van der Waals surface area contributed by atoms with Gasteiger partial charge < -0.3 is 15.0 Å². The van der Waals surface area contributed by atoms with Crippen LogP contribution in [0.15, 0.2) is 0 Å². The van der Waals surface area contributed by atoms with Gasteiger partial charge in [-0.25, -0.2) is 4.79 Å². The first-order valence-electron chi connectivity index (χ1n) is 4.78. The SMILES string of the molecule is CCOC(=O)NCC1CC(=O)N(C)C1. The van der Waals surface area contributed by atoms with Crippen LogP contribution in [0.2, 0.25) is 0 Å². The smallest absolute Gasteiger partial charge is 0.407 e. The van der Waals surface area contributed by atoms with Gasteiger partial charge in [0.15, 0.2) is 0 Å². The summed E-state index contributed by atoms with van der Waals surface area (Å²) in [6.45, 7) is 3.35. The average molecular weight is 200 g/mol. The van der Waals surface area contributed by atoms with E-state index in [4.69, 9.17) is 4.74 Å². The maximum atomic E-state index is 11.1. The largest absolute Gasteiger partial charge is 0.450 e. The van der Waals surface area contributed by atoms with E-state index in [1.165, 1.54) is 0 Å². The standard InChI is InChI=1S/C9H16N2O3/c1-3-14-9(13)10-5-7-4-8(12)11(2)6-7/h7H,3-6H2,1-2H3,(H,10,13). The van der Waals surface area contributed by atoms with Crippen molar-refractivity contribution in [2.24, 2.45) is 5.92 Å². The maximum absolute atomic E-state index is 11.1. The van der Waals surface area contributed by atoms with Crippen molar-refractivity contribution in [2.45, 2.75) is 13.3 Å². The van der Waals surface area contributed by atoms with Crippen LogP contribution in [0, 0.1) is 5.92 Å². The summed E-state index contributed by atoms with van der Waals surface area (Å²) < 4.78 is 4.71. The lowest BCUT2D eigenvalue weighted by Crippen LogP contribution is -2.30. The molecule has 0 radical (unpaired) electrons. The van der Waals surface area contributed by atoms with Crippen LogP contribution in [-0.2, 0) is 9.53 Å². The summed E-state index contributed by atoms with van der Waals surface area (Å²) in [5.41, 5.74) is 0. The van der Waals surface area contributed by atoms with Crippen molar-refractivity contribution in [3.63, 3.8) is 0 Å². The molecule has 14 heavy (non-hydrogen) atoms. The Labute approximate surface area is 83.4 Å². The Hall–Kier alpha value is -1.26. The molecule has 80 valence electrons. The minimum absolute atomic E-state index is 0.139. The predicted molar refractivity (Wildman–Crippen MR) is 50.8 cm³/mol. The molecule has 0 aromatic rings. The molecule has 0 bridgehead atoms. The fourth-order valence-corrected chi connectivity index (χ4v) is 1.50. The number of carbonyl (C=O) groups excluding carboxylic acids is 2. The quantitative estimate of drug-likeness (QED) is 0.708. The summed E-state index contributed by atoms with van der Waals surface area (Å²) in [6, 6.07) is 0. The van der Waals surface area contributed by atoms with Gasteiger partial charge >= 0.3 is 6.09 Å². The summed E-state index contributed by atoms with van der Waals surface area (Å²) in [6.07, 6.45) is 0.109. The molecule has 0 aromatic heterocycles. The van der Waals surface area contributed by atoms with E-state index < -0.39 is 6.09 Å². The Bertz CT molecular complexity index is 230. The van der Waals surface area contributed by atoms with Gasteiger partial charge in [0.2, 0.25) is 5.91 Å². The van der Waals surface area contributed by atoms with Gasteiger partial charge in [-0.2, -0.15) is 0 Å². The molecule has 0 spiro atoms. The molecule has 1 N–H and O–H groups in total. The average Bonchev–Trinajstić information content (AvgIpc) is 2.44. The van der Waals surface area contributed by atoms with Gasteiger partial charge in [-0.1, -0.05) is 0 Å². The van der Waals surface area contributed by atoms with Gasteiger partial charge in [0.1, 0.15) is 0 Å². The van der Waals surface area contributed by atoms with Crippen LogP contribution in [0.4, 0.5) is 4.79 Å². The van der Waals surface area contributed by atoms with Crippen molar-refractivity contribution in [1.82, 2.24) is 10.2 Å². The third kappa shape index (κ3) is 2.90. The van der Waals surface area contributed by atoms with E-state index in [1.54, 1.807) is 18.9 Å². The van der Waals surface area contributed by atoms with Crippen LogP contribution in [-0.4, -0.2) is 43.6 Å². The Kier molecular flexibility index (Phi) is 3.73. The molecule has 0 aromatic carbocycles. The van der Waals surface area contributed by atoms with Crippen molar-refractivity contribution in [3.8, 4) is 0 Å². The number of alkyl carbamates (subject to hydrolysis) is 1. The van der Waals surface area contributed by atoms with E-state index in [9.17, 15) is 9.59 Å². The first kappa shape index (κ1) is 10.8. The van der Waals surface area contributed by atoms with Crippen LogP contribution in [0.25, 0.3) is 0 Å². The minimum atomic E-state index is -0.408. The third-order valence-electron chi connectivity index (χ3n) is 2.23. The summed E-state index contributed by atoms with van der Waals surface area (Å²) in [5.74, 6) is 0.359. The second-order valence-electron chi connectivity index (χ2n) is 3.45. The molecule has 2 amide bonds. The van der Waals surface area contributed by atoms with E-state index in [1.807, 2.05) is 0 Å². The molecule has 0 aliphatic carbocycles. The molecule has 1 unspecified atom stereocenters. The van der Waals surface area contributed by atoms with Crippen molar-refractivity contribution in [3.05, 3.63) is 0 Å². The number of amides is 2. The molecule has 5 heteroatoms. The van der Waals surface area contributed by atoms with Gasteiger partial charge in [0.25, 0.3) is 0 Å². The first-order valence-corrected chi connectivity index (χ1v) is 4.78. The molecule has 1 rings (SSSR count). The maximum Gasteiger partial charge on any atom is 0.407 e. The lowest BCUT2D eigenvalue weighted by atomic mass is 10.1. The topological polar surface area (TPSA) is 58.6 Å². The van der Waals surface area contributed by atoms with Crippen LogP contribution < -0.4 is 5.32 Å². The number of carbonyl (C=O) groups is 2. The molecule has 1 aliphatic rings. The number of likely N-dealkylation sites (tertiary alicyclic amines) is 1. The van der Waals surface area contributed by atoms with Crippen molar-refractivity contribution >= 4 is 12.0 Å². The van der Waals surface area contributed by atoms with Gasteiger partial charge in [-0.15, -0.1) is 0 Å². The zero-order chi connectivity index (χ0) is 10.6. The Balaban J connectivity index is 2.20. The van der Waals surface area contributed by atoms with Crippen molar-refractivity contribution in [1.29, 1.82) is 0 Å². The van der Waals surface area contributed by atoms with Crippen molar-refractivity contribution < 1.29 is 14.3 Å². The molecule has 5 nitrogen and oxygen atoms in total. The van der Waals surface area contributed by atoms with E-state index in [2.05, 4.69) is 5.32 Å². The van der Waals surface area contributed by atoms with E-state index in [0.717, 1.165) is 0 Å². The molecular formula is C9H16N2O3. The molecule has 0 saturated carbocycles. The van der Waals surface area contributed by atoms with Gasteiger partial charge in [-0.3, -0.25) is 4.79 Å². The fourth-order valence-electron chi connectivity index (χ4n) is 1.50. The highest BCUT2D eigenvalue weighted by Crippen LogP contribution is 2.14. The Morgan fingerprint density at radius 1 is 1.71 bits per heavy atom. The lowest BCUT2D eigenvalue weighted by Gasteiger charge is -2.10. The predicted octanol–water partition coefficient (Wildman–Crippen LogP) is 0.211. The normalized spacial score (nSPS) is 21.1. The Morgan fingerprint density at radius 3 is 2.93 bits per heavy atom. The second-order valence-corrected chi connectivity index (χ2v) is 3.45. The molecule has 1 heterocycles. The monoisotopic (exact) mass is 200 g/mol. The summed E-state index contributed by atoms with van der Waals surface area (Å²) in [5, 5.41) is 2.63. The van der Waals surface area contributed by atoms with E-state index in [-0.39, 0.29) is 11.8 Å². The zero-order valence-electron chi connectivity index (χ0n) is 8.58.